The summed E-state index contributed by atoms with van der Waals surface area (Å²) in [5.74, 6) is -1.08. The Morgan fingerprint density at radius 3 is 2.56 bits per heavy atom. The van der Waals surface area contributed by atoms with Gasteiger partial charge in [0.1, 0.15) is 5.82 Å². The summed E-state index contributed by atoms with van der Waals surface area (Å²) in [5.41, 5.74) is 5.79. The fraction of sp³-hybridized carbons (Fsp3) is 0.538. The number of nitrogens with two attached hydrogens (primary N) is 1. The van der Waals surface area contributed by atoms with Crippen LogP contribution < -0.4 is 10.5 Å². The molecule has 0 heterocycles. The number of hydrogen-bond donors (Lipinski definition) is 1. The van der Waals surface area contributed by atoms with E-state index in [1.54, 1.807) is 0 Å². The number of nitrogens with zero attached hydrogens (tertiary/aromatic N) is 1. The SMILES string of the molecule is COc1cc(F)c(CN(C)C(C)CCN)cc1F. The van der Waals surface area contributed by atoms with Crippen molar-refractivity contribution in [3.8, 4) is 5.75 Å². The zero-order valence-electron chi connectivity index (χ0n) is 11.0. The van der Waals surface area contributed by atoms with Crippen molar-refractivity contribution in [3.63, 3.8) is 0 Å². The lowest BCUT2D eigenvalue weighted by Crippen LogP contribution is -2.30. The molecule has 5 heteroatoms. The fourth-order valence-corrected chi connectivity index (χ4v) is 1.73. The third-order valence-electron chi connectivity index (χ3n) is 3.08. The fourth-order valence-electron chi connectivity index (χ4n) is 1.73. The second-order valence-corrected chi connectivity index (χ2v) is 4.42. The minimum atomic E-state index is -0.547. The van der Waals surface area contributed by atoms with Crippen LogP contribution in [0.4, 0.5) is 8.78 Å². The van der Waals surface area contributed by atoms with Gasteiger partial charge >= 0.3 is 0 Å². The Morgan fingerprint density at radius 1 is 1.33 bits per heavy atom. The van der Waals surface area contributed by atoms with Crippen molar-refractivity contribution in [3.05, 3.63) is 29.3 Å². The van der Waals surface area contributed by atoms with Crippen LogP contribution in [0.25, 0.3) is 0 Å². The van der Waals surface area contributed by atoms with Crippen molar-refractivity contribution in [1.29, 1.82) is 0 Å². The Labute approximate surface area is 107 Å². The molecule has 0 saturated carbocycles. The Bertz CT molecular complexity index is 399. The molecule has 1 unspecified atom stereocenters. The van der Waals surface area contributed by atoms with Crippen molar-refractivity contribution < 1.29 is 13.5 Å². The highest BCUT2D eigenvalue weighted by molar-refractivity contribution is 5.30. The van der Waals surface area contributed by atoms with Gasteiger partial charge in [0.25, 0.3) is 0 Å². The van der Waals surface area contributed by atoms with Gasteiger partial charge in [-0.15, -0.1) is 0 Å². The molecule has 102 valence electrons. The third kappa shape index (κ3) is 3.65. The topological polar surface area (TPSA) is 38.5 Å². The predicted octanol–water partition coefficient (Wildman–Crippen LogP) is 2.14. The summed E-state index contributed by atoms with van der Waals surface area (Å²) in [7, 11) is 3.18. The Balaban J connectivity index is 2.81. The summed E-state index contributed by atoms with van der Waals surface area (Å²) >= 11 is 0. The van der Waals surface area contributed by atoms with E-state index < -0.39 is 11.6 Å². The van der Waals surface area contributed by atoms with Gasteiger partial charge in [-0.05, 0) is 33.0 Å². The molecule has 1 rings (SSSR count). The van der Waals surface area contributed by atoms with Gasteiger partial charge in [0.05, 0.1) is 7.11 Å². The molecule has 18 heavy (non-hydrogen) atoms. The molecular formula is C13H20F2N2O. The molecule has 0 spiro atoms. The van der Waals surface area contributed by atoms with Gasteiger partial charge in [-0.2, -0.15) is 0 Å². The molecule has 0 fully saturated rings. The zero-order chi connectivity index (χ0) is 13.7. The van der Waals surface area contributed by atoms with Crippen LogP contribution in [0.5, 0.6) is 5.75 Å². The van der Waals surface area contributed by atoms with Gasteiger partial charge in [-0.25, -0.2) is 8.78 Å². The van der Waals surface area contributed by atoms with Crippen molar-refractivity contribution in [2.75, 3.05) is 20.7 Å². The molecule has 2 N–H and O–H groups in total. The van der Waals surface area contributed by atoms with Gasteiger partial charge in [-0.1, -0.05) is 0 Å². The van der Waals surface area contributed by atoms with Crippen molar-refractivity contribution in [2.24, 2.45) is 5.73 Å². The van der Waals surface area contributed by atoms with E-state index in [9.17, 15) is 8.78 Å². The lowest BCUT2D eigenvalue weighted by atomic mass is 10.1. The van der Waals surface area contributed by atoms with E-state index in [1.807, 2.05) is 18.9 Å². The first-order chi connectivity index (χ1) is 8.49. The lowest BCUT2D eigenvalue weighted by Gasteiger charge is -2.24. The van der Waals surface area contributed by atoms with Gasteiger partial charge < -0.3 is 10.5 Å². The average Bonchev–Trinajstić information content (AvgIpc) is 2.33. The summed E-state index contributed by atoms with van der Waals surface area (Å²) in [6.45, 7) is 2.92. The first kappa shape index (κ1) is 14.9. The molecule has 0 bridgehead atoms. The van der Waals surface area contributed by atoms with Gasteiger partial charge in [-0.3, -0.25) is 4.90 Å². The molecule has 1 aromatic carbocycles. The predicted molar refractivity (Wildman–Crippen MR) is 67.5 cm³/mol. The van der Waals surface area contributed by atoms with Crippen molar-refractivity contribution in [2.45, 2.75) is 25.9 Å². The number of hydrogen-bond acceptors (Lipinski definition) is 3. The molecule has 0 aliphatic heterocycles. The highest BCUT2D eigenvalue weighted by Gasteiger charge is 2.14. The van der Waals surface area contributed by atoms with Crippen LogP contribution in [0.15, 0.2) is 12.1 Å². The number of rotatable bonds is 6. The highest BCUT2D eigenvalue weighted by Crippen LogP contribution is 2.22. The minimum Gasteiger partial charge on any atom is -0.494 e. The molecule has 3 nitrogen and oxygen atoms in total. The molecule has 1 aromatic rings. The van der Waals surface area contributed by atoms with Crippen LogP contribution in [0.1, 0.15) is 18.9 Å². The Hall–Kier alpha value is -1.20. The quantitative estimate of drug-likeness (QED) is 0.849. The normalized spacial score (nSPS) is 12.8. The molecule has 0 aliphatic carbocycles. The minimum absolute atomic E-state index is 0.0751. The summed E-state index contributed by atoms with van der Waals surface area (Å²) in [6, 6.07) is 2.48. The maximum atomic E-state index is 13.7. The first-order valence-corrected chi connectivity index (χ1v) is 5.91. The van der Waals surface area contributed by atoms with Gasteiger partial charge in [0.15, 0.2) is 11.6 Å². The van der Waals surface area contributed by atoms with Crippen LogP contribution >= 0.6 is 0 Å². The maximum Gasteiger partial charge on any atom is 0.165 e. The summed E-state index contributed by atoms with van der Waals surface area (Å²) in [4.78, 5) is 1.94. The monoisotopic (exact) mass is 258 g/mol. The summed E-state index contributed by atoms with van der Waals surface area (Å²) < 4.78 is 32.0. The average molecular weight is 258 g/mol. The molecule has 0 saturated heterocycles. The Morgan fingerprint density at radius 2 is 2.00 bits per heavy atom. The molecule has 0 aliphatic rings. The van der Waals surface area contributed by atoms with E-state index in [0.717, 1.165) is 12.5 Å². The zero-order valence-corrected chi connectivity index (χ0v) is 11.0. The first-order valence-electron chi connectivity index (χ1n) is 5.91. The van der Waals surface area contributed by atoms with E-state index in [4.69, 9.17) is 10.5 Å². The molecular weight excluding hydrogens is 238 g/mol. The van der Waals surface area contributed by atoms with E-state index in [2.05, 4.69) is 0 Å². The Kier molecular flexibility index (Phi) is 5.50. The van der Waals surface area contributed by atoms with Crippen LogP contribution in [-0.4, -0.2) is 31.6 Å². The van der Waals surface area contributed by atoms with Crippen molar-refractivity contribution >= 4 is 0 Å². The number of halogens is 2. The number of benzene rings is 1. The third-order valence-corrected chi connectivity index (χ3v) is 3.08. The lowest BCUT2D eigenvalue weighted by molar-refractivity contribution is 0.236. The van der Waals surface area contributed by atoms with E-state index in [1.165, 1.54) is 13.2 Å². The standard InChI is InChI=1S/C13H20F2N2O/c1-9(4-5-16)17(2)8-10-6-12(15)13(18-3)7-11(10)14/h6-7,9H,4-5,8,16H2,1-3H3. The smallest absolute Gasteiger partial charge is 0.165 e. The second-order valence-electron chi connectivity index (χ2n) is 4.42. The highest BCUT2D eigenvalue weighted by atomic mass is 19.1. The van der Waals surface area contributed by atoms with E-state index in [0.29, 0.717) is 18.7 Å². The molecule has 0 aromatic heterocycles. The van der Waals surface area contributed by atoms with Gasteiger partial charge in [0.2, 0.25) is 0 Å². The van der Waals surface area contributed by atoms with Crippen LogP contribution in [0.2, 0.25) is 0 Å². The number of ether oxygens (including phenoxy) is 1. The summed E-state index contributed by atoms with van der Waals surface area (Å²) in [6.07, 6.45) is 0.816. The van der Waals surface area contributed by atoms with Crippen LogP contribution in [0.3, 0.4) is 0 Å². The number of methoxy groups -OCH3 is 1. The van der Waals surface area contributed by atoms with Crippen molar-refractivity contribution in [1.82, 2.24) is 4.90 Å². The van der Waals surface area contributed by atoms with E-state index in [-0.39, 0.29) is 11.8 Å². The maximum absolute atomic E-state index is 13.7. The largest absolute Gasteiger partial charge is 0.494 e. The molecule has 0 radical (unpaired) electrons. The van der Waals surface area contributed by atoms with E-state index >= 15 is 0 Å². The summed E-state index contributed by atoms with van der Waals surface area (Å²) in [5, 5.41) is 0. The second kappa shape index (κ2) is 6.66. The molecule has 1 atom stereocenters. The molecule has 0 amide bonds. The van der Waals surface area contributed by atoms with Crippen LogP contribution in [-0.2, 0) is 6.54 Å². The van der Waals surface area contributed by atoms with Crippen LogP contribution in [0, 0.1) is 11.6 Å². The van der Waals surface area contributed by atoms with Gasteiger partial charge in [0, 0.05) is 24.2 Å².